The molecule has 0 unspecified atom stereocenters. The van der Waals surface area contributed by atoms with E-state index in [2.05, 4.69) is 21.7 Å². The molecule has 0 aliphatic rings. The molecule has 0 atom stereocenters. The van der Waals surface area contributed by atoms with Crippen molar-refractivity contribution in [2.24, 2.45) is 0 Å². The van der Waals surface area contributed by atoms with E-state index in [0.717, 1.165) is 18.7 Å². The monoisotopic (exact) mass is 258 g/mol. The lowest BCUT2D eigenvalue weighted by Crippen LogP contribution is -1.94. The van der Waals surface area contributed by atoms with Crippen LogP contribution in [0.4, 0.5) is 0 Å². The van der Waals surface area contributed by atoms with E-state index in [1.165, 1.54) is 31.2 Å². The molecule has 0 aliphatic carbocycles. The van der Waals surface area contributed by atoms with E-state index in [9.17, 15) is 0 Å². The summed E-state index contributed by atoms with van der Waals surface area (Å²) in [5, 5.41) is 0. The lowest BCUT2D eigenvalue weighted by molar-refractivity contribution is 0.414. The molecular formula is C16H22N2O. The Hall–Kier alpha value is -1.77. The lowest BCUT2D eigenvalue weighted by atomic mass is 10.1. The number of aryl methyl sites for hydroxylation is 2. The molecule has 0 saturated heterocycles. The van der Waals surface area contributed by atoms with Crippen LogP contribution < -0.4 is 4.74 Å². The summed E-state index contributed by atoms with van der Waals surface area (Å²) in [6.07, 6.45) is 12.0. The minimum absolute atomic E-state index is 0.934. The largest absolute Gasteiger partial charge is 0.497 e. The molecule has 0 radical (unpaired) electrons. The van der Waals surface area contributed by atoms with Crippen molar-refractivity contribution in [3.8, 4) is 5.75 Å². The van der Waals surface area contributed by atoms with Crippen LogP contribution in [-0.4, -0.2) is 16.7 Å². The number of ether oxygens (including phenoxy) is 1. The number of imidazole rings is 1. The van der Waals surface area contributed by atoms with Crippen LogP contribution in [-0.2, 0) is 13.0 Å². The summed E-state index contributed by atoms with van der Waals surface area (Å²) in [5.74, 6) is 0.934. The number of benzene rings is 1. The predicted octanol–water partition coefficient (Wildman–Crippen LogP) is 3.69. The van der Waals surface area contributed by atoms with Crippen LogP contribution in [0.5, 0.6) is 5.75 Å². The van der Waals surface area contributed by atoms with Crippen LogP contribution >= 0.6 is 0 Å². The van der Waals surface area contributed by atoms with Crippen LogP contribution in [0.1, 0.15) is 31.2 Å². The lowest BCUT2D eigenvalue weighted by Gasteiger charge is -2.04. The standard InChI is InChI=1S/C16H22N2O/c1-19-16-9-7-15(8-10-16)6-4-2-3-5-12-18-13-11-17-14-18/h7-11,13-14H,2-6,12H2,1H3. The van der Waals surface area contributed by atoms with Gasteiger partial charge in [0.25, 0.3) is 0 Å². The van der Waals surface area contributed by atoms with Crippen molar-refractivity contribution < 1.29 is 4.74 Å². The third-order valence-electron chi connectivity index (χ3n) is 3.35. The first-order valence-electron chi connectivity index (χ1n) is 6.97. The van der Waals surface area contributed by atoms with Crippen molar-refractivity contribution in [2.75, 3.05) is 7.11 Å². The van der Waals surface area contributed by atoms with Gasteiger partial charge in [0.1, 0.15) is 5.75 Å². The first kappa shape index (κ1) is 13.7. The van der Waals surface area contributed by atoms with Crippen molar-refractivity contribution in [2.45, 2.75) is 38.6 Å². The highest BCUT2D eigenvalue weighted by atomic mass is 16.5. The van der Waals surface area contributed by atoms with Gasteiger partial charge in [0, 0.05) is 18.9 Å². The molecule has 0 N–H and O–H groups in total. The topological polar surface area (TPSA) is 27.1 Å². The fourth-order valence-corrected chi connectivity index (χ4v) is 2.19. The molecule has 102 valence electrons. The molecule has 1 aromatic carbocycles. The Morgan fingerprint density at radius 2 is 1.84 bits per heavy atom. The number of aromatic nitrogens is 2. The van der Waals surface area contributed by atoms with Gasteiger partial charge in [-0.05, 0) is 37.0 Å². The highest BCUT2D eigenvalue weighted by molar-refractivity contribution is 5.27. The molecule has 3 nitrogen and oxygen atoms in total. The van der Waals surface area contributed by atoms with E-state index in [-0.39, 0.29) is 0 Å². The van der Waals surface area contributed by atoms with E-state index in [0.29, 0.717) is 0 Å². The molecule has 1 heterocycles. The van der Waals surface area contributed by atoms with Crippen molar-refractivity contribution >= 4 is 0 Å². The third-order valence-corrected chi connectivity index (χ3v) is 3.35. The molecule has 0 saturated carbocycles. The zero-order valence-electron chi connectivity index (χ0n) is 11.6. The van der Waals surface area contributed by atoms with Gasteiger partial charge in [-0.15, -0.1) is 0 Å². The van der Waals surface area contributed by atoms with Gasteiger partial charge in [-0.25, -0.2) is 4.98 Å². The van der Waals surface area contributed by atoms with E-state index in [1.54, 1.807) is 7.11 Å². The fourth-order valence-electron chi connectivity index (χ4n) is 2.19. The first-order valence-corrected chi connectivity index (χ1v) is 6.97. The van der Waals surface area contributed by atoms with Crippen LogP contribution in [0.15, 0.2) is 43.0 Å². The summed E-state index contributed by atoms with van der Waals surface area (Å²) in [7, 11) is 1.70. The molecule has 0 amide bonds. The Morgan fingerprint density at radius 3 is 2.53 bits per heavy atom. The predicted molar refractivity (Wildman–Crippen MR) is 77.4 cm³/mol. The highest BCUT2D eigenvalue weighted by Crippen LogP contribution is 2.14. The van der Waals surface area contributed by atoms with Crippen molar-refractivity contribution in [1.29, 1.82) is 0 Å². The molecule has 0 bridgehead atoms. The van der Waals surface area contributed by atoms with Crippen LogP contribution in [0, 0.1) is 0 Å². The minimum Gasteiger partial charge on any atom is -0.497 e. The number of rotatable bonds is 8. The zero-order valence-corrected chi connectivity index (χ0v) is 11.6. The maximum atomic E-state index is 5.15. The molecule has 0 spiro atoms. The van der Waals surface area contributed by atoms with E-state index in [1.807, 2.05) is 30.9 Å². The Labute approximate surface area is 115 Å². The Morgan fingerprint density at radius 1 is 1.05 bits per heavy atom. The Kier molecular flexibility index (Phi) is 5.48. The number of unbranched alkanes of at least 4 members (excludes halogenated alkanes) is 3. The van der Waals surface area contributed by atoms with Gasteiger partial charge in [-0.3, -0.25) is 0 Å². The normalized spacial score (nSPS) is 10.6. The molecule has 0 fully saturated rings. The summed E-state index contributed by atoms with van der Waals surface area (Å²) in [5.41, 5.74) is 1.40. The summed E-state index contributed by atoms with van der Waals surface area (Å²) in [4.78, 5) is 4.04. The van der Waals surface area contributed by atoms with Crippen LogP contribution in [0.2, 0.25) is 0 Å². The number of methoxy groups -OCH3 is 1. The Bertz CT molecular complexity index is 448. The molecule has 1 aromatic heterocycles. The van der Waals surface area contributed by atoms with Crippen LogP contribution in [0.3, 0.4) is 0 Å². The average molecular weight is 258 g/mol. The summed E-state index contributed by atoms with van der Waals surface area (Å²) in [6, 6.07) is 8.39. The van der Waals surface area contributed by atoms with Crippen molar-refractivity contribution in [3.63, 3.8) is 0 Å². The van der Waals surface area contributed by atoms with Gasteiger partial charge in [-0.1, -0.05) is 25.0 Å². The maximum absolute atomic E-state index is 5.15. The van der Waals surface area contributed by atoms with Crippen molar-refractivity contribution in [1.82, 2.24) is 9.55 Å². The van der Waals surface area contributed by atoms with E-state index < -0.39 is 0 Å². The maximum Gasteiger partial charge on any atom is 0.118 e. The Balaban J connectivity index is 1.56. The smallest absolute Gasteiger partial charge is 0.118 e. The first-order chi connectivity index (χ1) is 9.38. The van der Waals surface area contributed by atoms with E-state index >= 15 is 0 Å². The van der Waals surface area contributed by atoms with Gasteiger partial charge in [0.05, 0.1) is 13.4 Å². The van der Waals surface area contributed by atoms with E-state index in [4.69, 9.17) is 4.74 Å². The molecule has 19 heavy (non-hydrogen) atoms. The number of nitrogens with zero attached hydrogens (tertiary/aromatic N) is 2. The summed E-state index contributed by atoms with van der Waals surface area (Å²) < 4.78 is 7.30. The van der Waals surface area contributed by atoms with Gasteiger partial charge in [-0.2, -0.15) is 0 Å². The molecule has 0 aliphatic heterocycles. The van der Waals surface area contributed by atoms with Crippen molar-refractivity contribution in [3.05, 3.63) is 48.5 Å². The number of hydrogen-bond donors (Lipinski definition) is 0. The van der Waals surface area contributed by atoms with Crippen LogP contribution in [0.25, 0.3) is 0 Å². The highest BCUT2D eigenvalue weighted by Gasteiger charge is 1.96. The third kappa shape index (κ3) is 4.78. The second kappa shape index (κ2) is 7.62. The second-order valence-electron chi connectivity index (χ2n) is 4.81. The minimum atomic E-state index is 0.934. The molecular weight excluding hydrogens is 236 g/mol. The summed E-state index contributed by atoms with van der Waals surface area (Å²) >= 11 is 0. The number of hydrogen-bond acceptors (Lipinski definition) is 2. The van der Waals surface area contributed by atoms with Gasteiger partial charge in [0.2, 0.25) is 0 Å². The zero-order chi connectivity index (χ0) is 13.3. The molecule has 3 heteroatoms. The second-order valence-corrected chi connectivity index (χ2v) is 4.81. The fraction of sp³-hybridized carbons (Fsp3) is 0.438. The quantitative estimate of drug-likeness (QED) is 0.675. The molecule has 2 rings (SSSR count). The average Bonchev–Trinajstić information content (AvgIpc) is 2.96. The van der Waals surface area contributed by atoms with Gasteiger partial charge in [0.15, 0.2) is 0 Å². The SMILES string of the molecule is COc1ccc(CCCCCCn2ccnc2)cc1. The van der Waals surface area contributed by atoms with Gasteiger partial charge < -0.3 is 9.30 Å². The van der Waals surface area contributed by atoms with Gasteiger partial charge >= 0.3 is 0 Å². The molecule has 2 aromatic rings. The summed E-state index contributed by atoms with van der Waals surface area (Å²) in [6.45, 7) is 1.09.